The average molecular weight is 369 g/mol. The van der Waals surface area contributed by atoms with E-state index in [1.807, 2.05) is 43.5 Å². The molecule has 1 atom stereocenters. The van der Waals surface area contributed by atoms with E-state index in [0.29, 0.717) is 5.69 Å². The number of rotatable bonds is 7. The lowest BCUT2D eigenvalue weighted by Gasteiger charge is -2.13. The van der Waals surface area contributed by atoms with Crippen molar-refractivity contribution >= 4 is 17.2 Å². The monoisotopic (exact) mass is 369 g/mol. The van der Waals surface area contributed by atoms with Crippen molar-refractivity contribution in [3.8, 4) is 16.3 Å². The number of nitrogens with one attached hydrogen (secondary N) is 2. The number of nitrogens with zero attached hydrogens (tertiary/aromatic N) is 1. The summed E-state index contributed by atoms with van der Waals surface area (Å²) in [6.45, 7) is 3.94. The largest absolute Gasteiger partial charge is 0.497 e. The SMILES string of the molecule is COc1ccc(CCC(C)NC(=O)c2n[nH]c(-c3cccs3)c2C)cc1. The van der Waals surface area contributed by atoms with Gasteiger partial charge in [0.15, 0.2) is 5.69 Å². The number of ether oxygens (including phenoxy) is 1. The molecule has 3 aromatic rings. The van der Waals surface area contributed by atoms with Crippen LogP contribution < -0.4 is 10.1 Å². The molecule has 0 radical (unpaired) electrons. The van der Waals surface area contributed by atoms with Gasteiger partial charge in [-0.2, -0.15) is 5.10 Å². The average Bonchev–Trinajstić information content (AvgIpc) is 3.29. The molecule has 0 aliphatic carbocycles. The summed E-state index contributed by atoms with van der Waals surface area (Å²) in [7, 11) is 1.66. The maximum Gasteiger partial charge on any atom is 0.272 e. The highest BCUT2D eigenvalue weighted by Crippen LogP contribution is 2.27. The molecule has 0 bridgehead atoms. The standard InChI is InChI=1S/C20H23N3O2S/c1-13(6-7-15-8-10-16(25-3)11-9-15)21-20(24)19-14(2)18(22-23-19)17-5-4-12-26-17/h4-5,8-13H,6-7H2,1-3H3,(H,21,24)(H,22,23). The summed E-state index contributed by atoms with van der Waals surface area (Å²) < 4.78 is 5.17. The minimum absolute atomic E-state index is 0.0610. The zero-order valence-corrected chi connectivity index (χ0v) is 16.0. The zero-order chi connectivity index (χ0) is 18.5. The third-order valence-electron chi connectivity index (χ3n) is 4.39. The third kappa shape index (κ3) is 4.14. The molecule has 2 heterocycles. The number of aromatic nitrogens is 2. The molecule has 0 aliphatic rings. The fourth-order valence-corrected chi connectivity index (χ4v) is 3.60. The third-order valence-corrected chi connectivity index (χ3v) is 5.28. The smallest absolute Gasteiger partial charge is 0.272 e. The highest BCUT2D eigenvalue weighted by atomic mass is 32.1. The first-order valence-electron chi connectivity index (χ1n) is 8.61. The van der Waals surface area contributed by atoms with Crippen molar-refractivity contribution in [1.82, 2.24) is 15.5 Å². The number of aromatic amines is 1. The van der Waals surface area contributed by atoms with E-state index in [0.717, 1.165) is 34.7 Å². The Morgan fingerprint density at radius 3 is 2.73 bits per heavy atom. The minimum atomic E-state index is -0.135. The van der Waals surface area contributed by atoms with Crippen molar-refractivity contribution in [3.63, 3.8) is 0 Å². The minimum Gasteiger partial charge on any atom is -0.497 e. The number of benzene rings is 1. The van der Waals surface area contributed by atoms with E-state index in [4.69, 9.17) is 4.74 Å². The van der Waals surface area contributed by atoms with Gasteiger partial charge < -0.3 is 10.1 Å². The Morgan fingerprint density at radius 2 is 2.08 bits per heavy atom. The number of hydrogen-bond donors (Lipinski definition) is 2. The van der Waals surface area contributed by atoms with Gasteiger partial charge in [-0.15, -0.1) is 11.3 Å². The first-order chi connectivity index (χ1) is 12.6. The van der Waals surface area contributed by atoms with Crippen LogP contribution in [-0.2, 0) is 6.42 Å². The lowest BCUT2D eigenvalue weighted by Crippen LogP contribution is -2.33. The molecule has 0 aliphatic heterocycles. The lowest BCUT2D eigenvalue weighted by atomic mass is 10.1. The van der Waals surface area contributed by atoms with Gasteiger partial charge in [-0.1, -0.05) is 18.2 Å². The second kappa shape index (κ2) is 8.19. The van der Waals surface area contributed by atoms with Gasteiger partial charge in [0.05, 0.1) is 17.7 Å². The van der Waals surface area contributed by atoms with E-state index < -0.39 is 0 Å². The van der Waals surface area contributed by atoms with Crippen LogP contribution in [0.3, 0.4) is 0 Å². The number of amides is 1. The maximum absolute atomic E-state index is 12.5. The Labute approximate surface area is 157 Å². The van der Waals surface area contributed by atoms with E-state index >= 15 is 0 Å². The molecule has 1 amide bonds. The second-order valence-corrected chi connectivity index (χ2v) is 7.26. The van der Waals surface area contributed by atoms with Gasteiger partial charge in [-0.3, -0.25) is 9.89 Å². The van der Waals surface area contributed by atoms with Crippen molar-refractivity contribution in [2.45, 2.75) is 32.7 Å². The molecule has 0 fully saturated rings. The number of H-pyrrole nitrogens is 1. The number of thiophene rings is 1. The summed E-state index contributed by atoms with van der Waals surface area (Å²) in [6, 6.07) is 12.1. The second-order valence-electron chi connectivity index (χ2n) is 6.31. The number of carbonyl (C=O) groups excluding carboxylic acids is 1. The predicted octanol–water partition coefficient (Wildman–Crippen LogP) is 4.21. The molecule has 1 unspecified atom stereocenters. The van der Waals surface area contributed by atoms with Gasteiger partial charge in [0.25, 0.3) is 5.91 Å². The predicted molar refractivity (Wildman–Crippen MR) is 105 cm³/mol. The first-order valence-corrected chi connectivity index (χ1v) is 9.49. The van der Waals surface area contributed by atoms with Gasteiger partial charge in [-0.25, -0.2) is 0 Å². The molecule has 6 heteroatoms. The van der Waals surface area contributed by atoms with Crippen LogP contribution in [-0.4, -0.2) is 29.3 Å². The van der Waals surface area contributed by atoms with Gasteiger partial charge in [0.2, 0.25) is 0 Å². The Balaban J connectivity index is 1.57. The van der Waals surface area contributed by atoms with E-state index in [2.05, 4.69) is 27.6 Å². The summed E-state index contributed by atoms with van der Waals surface area (Å²) in [5, 5.41) is 12.3. The number of aryl methyl sites for hydroxylation is 1. The Bertz CT molecular complexity index is 854. The van der Waals surface area contributed by atoms with Gasteiger partial charge in [-0.05, 0) is 55.8 Å². The maximum atomic E-state index is 12.5. The van der Waals surface area contributed by atoms with Crippen LogP contribution in [0.1, 0.15) is 35.0 Å². The van der Waals surface area contributed by atoms with Crippen molar-refractivity contribution in [2.24, 2.45) is 0 Å². The highest BCUT2D eigenvalue weighted by Gasteiger charge is 2.19. The fraction of sp³-hybridized carbons (Fsp3) is 0.300. The van der Waals surface area contributed by atoms with Crippen LogP contribution in [0, 0.1) is 6.92 Å². The van der Waals surface area contributed by atoms with Crippen LogP contribution >= 0.6 is 11.3 Å². The molecule has 2 aromatic heterocycles. The van der Waals surface area contributed by atoms with Gasteiger partial charge in [0.1, 0.15) is 5.75 Å². The number of methoxy groups -OCH3 is 1. The van der Waals surface area contributed by atoms with Crippen LogP contribution in [0.2, 0.25) is 0 Å². The van der Waals surface area contributed by atoms with Crippen LogP contribution in [0.25, 0.3) is 10.6 Å². The molecule has 1 aromatic carbocycles. The van der Waals surface area contributed by atoms with E-state index in [1.54, 1.807) is 18.4 Å². The van der Waals surface area contributed by atoms with Gasteiger partial charge in [0, 0.05) is 11.6 Å². The van der Waals surface area contributed by atoms with E-state index in [-0.39, 0.29) is 11.9 Å². The topological polar surface area (TPSA) is 67.0 Å². The summed E-state index contributed by atoms with van der Waals surface area (Å²) in [5.74, 6) is 0.717. The molecular formula is C20H23N3O2S. The van der Waals surface area contributed by atoms with Crippen molar-refractivity contribution in [1.29, 1.82) is 0 Å². The molecule has 3 rings (SSSR count). The number of hydrogen-bond acceptors (Lipinski definition) is 4. The normalized spacial score (nSPS) is 12.0. The molecule has 2 N–H and O–H groups in total. The highest BCUT2D eigenvalue weighted by molar-refractivity contribution is 7.13. The summed E-state index contributed by atoms with van der Waals surface area (Å²) in [5.41, 5.74) is 3.48. The van der Waals surface area contributed by atoms with Crippen LogP contribution in [0.15, 0.2) is 41.8 Å². The number of carbonyl (C=O) groups is 1. The van der Waals surface area contributed by atoms with Crippen LogP contribution in [0.5, 0.6) is 5.75 Å². The summed E-state index contributed by atoms with van der Waals surface area (Å²) in [4.78, 5) is 13.6. The summed E-state index contributed by atoms with van der Waals surface area (Å²) >= 11 is 1.63. The van der Waals surface area contributed by atoms with Crippen LogP contribution in [0.4, 0.5) is 0 Å². The Kier molecular flexibility index (Phi) is 5.73. The van der Waals surface area contributed by atoms with Gasteiger partial charge >= 0.3 is 0 Å². The molecule has 0 saturated heterocycles. The Hall–Kier alpha value is -2.60. The van der Waals surface area contributed by atoms with Crippen molar-refractivity contribution < 1.29 is 9.53 Å². The van der Waals surface area contributed by atoms with E-state index in [9.17, 15) is 4.79 Å². The van der Waals surface area contributed by atoms with Crippen molar-refractivity contribution in [2.75, 3.05) is 7.11 Å². The lowest BCUT2D eigenvalue weighted by molar-refractivity contribution is 0.0933. The molecule has 5 nitrogen and oxygen atoms in total. The molecule has 26 heavy (non-hydrogen) atoms. The first kappa shape index (κ1) is 18.2. The van der Waals surface area contributed by atoms with Crippen molar-refractivity contribution in [3.05, 3.63) is 58.6 Å². The summed E-state index contributed by atoms with van der Waals surface area (Å²) in [6.07, 6.45) is 1.75. The molecule has 136 valence electrons. The Morgan fingerprint density at radius 1 is 1.31 bits per heavy atom. The molecule has 0 spiro atoms. The van der Waals surface area contributed by atoms with E-state index in [1.165, 1.54) is 5.56 Å². The molecule has 0 saturated carbocycles. The quantitative estimate of drug-likeness (QED) is 0.656. The molecular weight excluding hydrogens is 346 g/mol. The zero-order valence-electron chi connectivity index (χ0n) is 15.2. The fourth-order valence-electron chi connectivity index (χ4n) is 2.82.